The molecule has 1 atom stereocenters. The van der Waals surface area contributed by atoms with Crippen molar-refractivity contribution in [2.45, 2.75) is 12.3 Å². The van der Waals surface area contributed by atoms with E-state index in [9.17, 15) is 22.8 Å². The van der Waals surface area contributed by atoms with E-state index < -0.39 is 24.1 Å². The summed E-state index contributed by atoms with van der Waals surface area (Å²) >= 11 is 0. The minimum atomic E-state index is -4.61. The first-order valence-corrected chi connectivity index (χ1v) is 7.69. The summed E-state index contributed by atoms with van der Waals surface area (Å²) in [5.74, 6) is -0.264. The van der Waals surface area contributed by atoms with Crippen LogP contribution in [-0.2, 0) is 11.0 Å². The highest BCUT2D eigenvalue weighted by atomic mass is 19.4. The Morgan fingerprint density at radius 3 is 2.58 bits per heavy atom. The van der Waals surface area contributed by atoms with Crippen LogP contribution in [0.25, 0.3) is 0 Å². The fourth-order valence-corrected chi connectivity index (χ4v) is 2.76. The average Bonchev–Trinajstić information content (AvgIpc) is 2.90. The van der Waals surface area contributed by atoms with E-state index in [1.165, 1.54) is 15.9 Å². The van der Waals surface area contributed by atoms with Crippen molar-refractivity contribution in [2.24, 2.45) is 0 Å². The Hall–Kier alpha value is -3.10. The van der Waals surface area contributed by atoms with Crippen LogP contribution in [0.1, 0.15) is 17.4 Å². The number of pyridine rings is 1. The van der Waals surface area contributed by atoms with Crippen molar-refractivity contribution in [2.75, 3.05) is 18.9 Å². The maximum Gasteiger partial charge on any atom is 0.433 e. The number of likely N-dealkylation sites (N-methyl/N-ethyl adjacent to an activating group) is 1. The quantitative estimate of drug-likeness (QED) is 0.891. The molecule has 0 radical (unpaired) electrons. The fraction of sp³-hybridized carbons (Fsp3) is 0.235. The Labute approximate surface area is 147 Å². The molecule has 3 amide bonds. The molecule has 136 valence electrons. The summed E-state index contributed by atoms with van der Waals surface area (Å²) in [4.78, 5) is 30.6. The molecule has 2 aromatic rings. The van der Waals surface area contributed by atoms with Crippen molar-refractivity contribution in [1.29, 1.82) is 0 Å². The Morgan fingerprint density at radius 1 is 1.23 bits per heavy atom. The first-order valence-electron chi connectivity index (χ1n) is 7.69. The van der Waals surface area contributed by atoms with Gasteiger partial charge in [-0.05, 0) is 17.7 Å². The molecule has 3 rings (SSSR count). The van der Waals surface area contributed by atoms with Crippen LogP contribution in [-0.4, -0.2) is 40.3 Å². The van der Waals surface area contributed by atoms with Gasteiger partial charge in [-0.25, -0.2) is 4.79 Å². The van der Waals surface area contributed by atoms with Gasteiger partial charge in [0, 0.05) is 18.9 Å². The van der Waals surface area contributed by atoms with Crippen LogP contribution in [0, 0.1) is 0 Å². The summed E-state index contributed by atoms with van der Waals surface area (Å²) in [6, 6.07) is 10.2. The maximum absolute atomic E-state index is 12.8. The number of aromatic nitrogens is 1. The van der Waals surface area contributed by atoms with E-state index in [4.69, 9.17) is 0 Å². The van der Waals surface area contributed by atoms with Crippen LogP contribution in [0.2, 0.25) is 0 Å². The highest BCUT2D eigenvalue weighted by Gasteiger charge is 2.39. The normalized spacial score (nSPS) is 17.5. The van der Waals surface area contributed by atoms with Crippen molar-refractivity contribution in [3.05, 3.63) is 59.9 Å². The number of amides is 3. The molecular weight excluding hydrogens is 349 g/mol. The predicted octanol–water partition coefficient (Wildman–Crippen LogP) is 3.11. The summed E-state index contributed by atoms with van der Waals surface area (Å²) in [5.41, 5.74) is -0.433. The lowest BCUT2D eigenvalue weighted by atomic mass is 10.1. The summed E-state index contributed by atoms with van der Waals surface area (Å²) in [5, 5.41) is 2.41. The van der Waals surface area contributed by atoms with E-state index in [2.05, 4.69) is 10.3 Å². The molecule has 0 bridgehead atoms. The molecular formula is C17H15F3N4O2. The predicted molar refractivity (Wildman–Crippen MR) is 86.9 cm³/mol. The molecule has 9 heteroatoms. The van der Waals surface area contributed by atoms with Crippen LogP contribution < -0.4 is 5.32 Å². The first kappa shape index (κ1) is 17.7. The van der Waals surface area contributed by atoms with Gasteiger partial charge >= 0.3 is 12.2 Å². The highest BCUT2D eigenvalue weighted by Crippen LogP contribution is 2.31. The Bertz CT molecular complexity index is 826. The fourth-order valence-electron chi connectivity index (χ4n) is 2.76. The summed E-state index contributed by atoms with van der Waals surface area (Å²) in [7, 11) is 1.57. The Balaban J connectivity index is 1.84. The van der Waals surface area contributed by atoms with Crippen molar-refractivity contribution in [3.63, 3.8) is 0 Å². The van der Waals surface area contributed by atoms with Crippen molar-refractivity contribution >= 4 is 17.6 Å². The van der Waals surface area contributed by atoms with E-state index >= 15 is 0 Å². The zero-order chi connectivity index (χ0) is 18.9. The summed E-state index contributed by atoms with van der Waals surface area (Å²) in [6.07, 6.45) is -4.28. The number of alkyl halides is 3. The van der Waals surface area contributed by atoms with Crippen LogP contribution in [0.5, 0.6) is 0 Å². The number of urea groups is 1. The molecule has 26 heavy (non-hydrogen) atoms. The van der Waals surface area contributed by atoms with E-state index in [0.29, 0.717) is 0 Å². The number of halogens is 3. The van der Waals surface area contributed by atoms with Gasteiger partial charge in [0.1, 0.15) is 18.4 Å². The highest BCUT2D eigenvalue weighted by molar-refractivity contribution is 5.94. The minimum absolute atomic E-state index is 0.0499. The molecule has 2 heterocycles. The SMILES string of the molecule is CN1C(=O)CN(C(=O)Nc2ccnc(C(F)(F)F)c2)C1c1ccccc1. The third-order valence-corrected chi connectivity index (χ3v) is 4.02. The topological polar surface area (TPSA) is 65.5 Å². The molecule has 1 fully saturated rings. The molecule has 1 aromatic heterocycles. The summed E-state index contributed by atoms with van der Waals surface area (Å²) < 4.78 is 38.3. The van der Waals surface area contributed by atoms with Crippen LogP contribution in [0.15, 0.2) is 48.7 Å². The number of benzene rings is 1. The zero-order valence-corrected chi connectivity index (χ0v) is 13.7. The van der Waals surface area contributed by atoms with Crippen LogP contribution >= 0.6 is 0 Å². The minimum Gasteiger partial charge on any atom is -0.319 e. The van der Waals surface area contributed by atoms with E-state index in [-0.39, 0.29) is 18.1 Å². The smallest absolute Gasteiger partial charge is 0.319 e. The average molecular weight is 364 g/mol. The molecule has 1 unspecified atom stereocenters. The van der Waals surface area contributed by atoms with Gasteiger partial charge in [-0.1, -0.05) is 30.3 Å². The number of hydrogen-bond acceptors (Lipinski definition) is 3. The number of carbonyl (C=O) groups excluding carboxylic acids is 2. The summed E-state index contributed by atoms with van der Waals surface area (Å²) in [6.45, 7) is -0.168. The monoisotopic (exact) mass is 364 g/mol. The van der Waals surface area contributed by atoms with Gasteiger partial charge < -0.3 is 10.2 Å². The molecule has 1 aliphatic rings. The number of nitrogens with zero attached hydrogens (tertiary/aromatic N) is 3. The number of nitrogens with one attached hydrogen (secondary N) is 1. The molecule has 1 N–H and O–H groups in total. The third-order valence-electron chi connectivity index (χ3n) is 4.02. The molecule has 1 saturated heterocycles. The standard InChI is InChI=1S/C17H15F3N4O2/c1-23-14(25)10-24(15(23)11-5-3-2-4-6-11)16(26)22-12-7-8-21-13(9-12)17(18,19)20/h2-9,15H,10H2,1H3,(H,21,22,26). The third kappa shape index (κ3) is 3.46. The van der Waals surface area contributed by atoms with Gasteiger partial charge in [-0.2, -0.15) is 13.2 Å². The van der Waals surface area contributed by atoms with Crippen molar-refractivity contribution < 1.29 is 22.8 Å². The molecule has 0 aliphatic carbocycles. The lowest BCUT2D eigenvalue weighted by Gasteiger charge is -2.28. The van der Waals surface area contributed by atoms with Crippen LogP contribution in [0.4, 0.5) is 23.7 Å². The first-order chi connectivity index (χ1) is 12.3. The molecule has 0 saturated carbocycles. The molecule has 1 aliphatic heterocycles. The maximum atomic E-state index is 12.8. The lowest BCUT2D eigenvalue weighted by Crippen LogP contribution is -2.37. The van der Waals surface area contributed by atoms with E-state index in [1.807, 2.05) is 0 Å². The van der Waals surface area contributed by atoms with Crippen LogP contribution in [0.3, 0.4) is 0 Å². The molecule has 1 aromatic carbocycles. The van der Waals surface area contributed by atoms with Gasteiger partial charge in [0.05, 0.1) is 0 Å². The van der Waals surface area contributed by atoms with E-state index in [1.54, 1.807) is 37.4 Å². The van der Waals surface area contributed by atoms with Gasteiger partial charge in [0.25, 0.3) is 0 Å². The molecule has 0 spiro atoms. The number of carbonyl (C=O) groups is 2. The number of hydrogen-bond donors (Lipinski definition) is 1. The zero-order valence-electron chi connectivity index (χ0n) is 13.7. The second-order valence-electron chi connectivity index (χ2n) is 5.77. The number of rotatable bonds is 2. The Morgan fingerprint density at radius 2 is 1.92 bits per heavy atom. The second-order valence-corrected chi connectivity index (χ2v) is 5.77. The van der Waals surface area contributed by atoms with Crippen molar-refractivity contribution in [3.8, 4) is 0 Å². The van der Waals surface area contributed by atoms with Gasteiger partial charge in [-0.15, -0.1) is 0 Å². The largest absolute Gasteiger partial charge is 0.433 e. The van der Waals surface area contributed by atoms with Gasteiger partial charge in [-0.3, -0.25) is 14.7 Å². The molecule has 6 nitrogen and oxygen atoms in total. The van der Waals surface area contributed by atoms with Gasteiger partial charge in [0.15, 0.2) is 0 Å². The second kappa shape index (κ2) is 6.66. The number of anilines is 1. The van der Waals surface area contributed by atoms with E-state index in [0.717, 1.165) is 17.8 Å². The van der Waals surface area contributed by atoms with Gasteiger partial charge in [0.2, 0.25) is 5.91 Å². The lowest BCUT2D eigenvalue weighted by molar-refractivity contribution is -0.141. The van der Waals surface area contributed by atoms with Crippen molar-refractivity contribution in [1.82, 2.24) is 14.8 Å². The Kier molecular flexibility index (Phi) is 4.54.